The lowest BCUT2D eigenvalue weighted by atomic mass is 9.97. The van der Waals surface area contributed by atoms with E-state index in [2.05, 4.69) is 62.1 Å². The maximum absolute atomic E-state index is 12.1. The number of nitrogens with one attached hydrogen (secondary N) is 1. The van der Waals surface area contributed by atoms with Crippen molar-refractivity contribution in [3.8, 4) is 0 Å². The second-order valence-corrected chi connectivity index (χ2v) is 9.95. The molecule has 0 heterocycles. The quantitative estimate of drug-likeness (QED) is 0.0995. The molecule has 0 aliphatic rings. The molecule has 0 aliphatic carbocycles. The Balaban J connectivity index is 1.73. The first-order valence-corrected chi connectivity index (χ1v) is 13.8. The number of carbonyl (C=O) groups excluding carboxylic acids is 1. The average Bonchev–Trinajstić information content (AvgIpc) is 2.89. The summed E-state index contributed by atoms with van der Waals surface area (Å²) in [6.45, 7) is 10.6. The lowest BCUT2D eigenvalue weighted by Crippen LogP contribution is -2.26. The highest BCUT2D eigenvalue weighted by Gasteiger charge is 2.11. The highest BCUT2D eigenvalue weighted by atomic mass is 16.6. The van der Waals surface area contributed by atoms with Crippen LogP contribution in [0.4, 0.5) is 0 Å². The number of benzene rings is 2. The molecule has 2 aromatic rings. The van der Waals surface area contributed by atoms with Gasteiger partial charge in [0, 0.05) is 6.42 Å². The van der Waals surface area contributed by atoms with E-state index in [1.54, 1.807) is 0 Å². The molecule has 0 fully saturated rings. The molecular weight excluding hydrogens is 444 g/mol. The largest absolute Gasteiger partial charge is 0.360 e. The van der Waals surface area contributed by atoms with Crippen LogP contribution in [-0.2, 0) is 22.5 Å². The maximum Gasteiger partial charge on any atom is 0.220 e. The molecule has 0 saturated carbocycles. The van der Waals surface area contributed by atoms with E-state index >= 15 is 0 Å². The van der Waals surface area contributed by atoms with Gasteiger partial charge in [-0.15, -0.1) is 0 Å². The summed E-state index contributed by atoms with van der Waals surface area (Å²) in [4.78, 5) is 17.7. The van der Waals surface area contributed by atoms with Crippen molar-refractivity contribution in [3.05, 3.63) is 83.6 Å². The summed E-state index contributed by atoms with van der Waals surface area (Å²) in [5, 5.41) is 7.24. The molecule has 0 radical (unpaired) electrons. The van der Waals surface area contributed by atoms with E-state index < -0.39 is 0 Å². The van der Waals surface area contributed by atoms with Crippen molar-refractivity contribution in [1.82, 2.24) is 5.32 Å². The molecule has 0 bridgehead atoms. The predicted octanol–water partition coefficient (Wildman–Crippen LogP) is 8.01. The van der Waals surface area contributed by atoms with E-state index in [9.17, 15) is 4.79 Å². The third kappa shape index (κ3) is 12.2. The van der Waals surface area contributed by atoms with Gasteiger partial charge < -0.3 is 10.2 Å². The maximum atomic E-state index is 12.1. The minimum absolute atomic E-state index is 0.0243. The van der Waals surface area contributed by atoms with Crippen LogP contribution in [0.1, 0.15) is 95.2 Å². The molecule has 2 aromatic carbocycles. The lowest BCUT2D eigenvalue weighted by molar-refractivity contribution is -0.121. The van der Waals surface area contributed by atoms with Crippen molar-refractivity contribution < 1.29 is 9.63 Å². The average molecular weight is 491 g/mol. The molecule has 0 aliphatic heterocycles. The van der Waals surface area contributed by atoms with Crippen LogP contribution in [-0.4, -0.2) is 18.2 Å². The number of unbranched alkanes of at least 4 members (excludes halogenated alkanes) is 7. The van der Waals surface area contributed by atoms with Crippen molar-refractivity contribution in [3.63, 3.8) is 0 Å². The highest BCUT2D eigenvalue weighted by molar-refractivity contribution is 6.01. The summed E-state index contributed by atoms with van der Waals surface area (Å²) in [6.07, 6.45) is 13.0. The van der Waals surface area contributed by atoms with Gasteiger partial charge in [0.1, 0.15) is 5.76 Å². The zero-order valence-corrected chi connectivity index (χ0v) is 22.7. The van der Waals surface area contributed by atoms with Crippen LogP contribution in [0.5, 0.6) is 0 Å². The SMILES string of the molecule is C=C(CNC(=O)CCc1ccccc1)O/N=C(/c1ccc(CCCCCCCCCC)cc1)C(C)C. The summed E-state index contributed by atoms with van der Waals surface area (Å²) in [5.41, 5.74) is 4.46. The first-order valence-electron chi connectivity index (χ1n) is 13.8. The van der Waals surface area contributed by atoms with E-state index in [0.717, 1.165) is 23.3 Å². The Morgan fingerprint density at radius 2 is 1.47 bits per heavy atom. The molecule has 196 valence electrons. The van der Waals surface area contributed by atoms with Gasteiger partial charge >= 0.3 is 0 Å². The summed E-state index contributed by atoms with van der Waals surface area (Å²) in [7, 11) is 0. The summed E-state index contributed by atoms with van der Waals surface area (Å²) >= 11 is 0. The van der Waals surface area contributed by atoms with Gasteiger partial charge in [-0.3, -0.25) is 4.79 Å². The van der Waals surface area contributed by atoms with E-state index in [-0.39, 0.29) is 18.4 Å². The predicted molar refractivity (Wildman–Crippen MR) is 152 cm³/mol. The number of aryl methyl sites for hydroxylation is 2. The summed E-state index contributed by atoms with van der Waals surface area (Å²) < 4.78 is 0. The molecule has 1 N–H and O–H groups in total. The topological polar surface area (TPSA) is 50.7 Å². The Hall–Kier alpha value is -2.88. The van der Waals surface area contributed by atoms with Crippen LogP contribution in [0.25, 0.3) is 0 Å². The van der Waals surface area contributed by atoms with Gasteiger partial charge in [0.05, 0.1) is 12.3 Å². The lowest BCUT2D eigenvalue weighted by Gasteiger charge is -2.12. The minimum atomic E-state index is -0.0243. The Morgan fingerprint density at radius 1 is 0.861 bits per heavy atom. The fraction of sp³-hybridized carbons (Fsp3) is 0.500. The third-order valence-corrected chi connectivity index (χ3v) is 6.35. The Bertz CT molecular complexity index is 917. The van der Waals surface area contributed by atoms with Gasteiger partial charge in [-0.05, 0) is 41.9 Å². The molecule has 0 atom stereocenters. The van der Waals surface area contributed by atoms with Gasteiger partial charge in [0.15, 0.2) is 0 Å². The molecule has 4 heteroatoms. The molecule has 1 amide bonds. The van der Waals surface area contributed by atoms with Gasteiger partial charge in [0.2, 0.25) is 5.91 Å². The highest BCUT2D eigenvalue weighted by Crippen LogP contribution is 2.15. The number of amides is 1. The zero-order valence-electron chi connectivity index (χ0n) is 22.7. The Morgan fingerprint density at radius 3 is 2.11 bits per heavy atom. The van der Waals surface area contributed by atoms with Gasteiger partial charge in [-0.2, -0.15) is 0 Å². The number of oxime groups is 1. The Kier molecular flexibility index (Phi) is 14.3. The molecule has 0 unspecified atom stereocenters. The number of hydrogen-bond acceptors (Lipinski definition) is 3. The first-order chi connectivity index (χ1) is 17.5. The smallest absolute Gasteiger partial charge is 0.220 e. The monoisotopic (exact) mass is 490 g/mol. The summed E-state index contributed by atoms with van der Waals surface area (Å²) in [6, 6.07) is 18.7. The molecule has 4 nitrogen and oxygen atoms in total. The van der Waals surface area contributed by atoms with E-state index in [0.29, 0.717) is 18.6 Å². The van der Waals surface area contributed by atoms with Crippen LogP contribution in [0, 0.1) is 5.92 Å². The van der Waals surface area contributed by atoms with E-state index in [1.165, 1.54) is 56.9 Å². The first kappa shape index (κ1) is 29.4. The van der Waals surface area contributed by atoms with Crippen LogP contribution in [0.2, 0.25) is 0 Å². The molecule has 36 heavy (non-hydrogen) atoms. The number of carbonyl (C=O) groups is 1. The third-order valence-electron chi connectivity index (χ3n) is 6.35. The van der Waals surface area contributed by atoms with Crippen LogP contribution in [0.3, 0.4) is 0 Å². The van der Waals surface area contributed by atoms with Crippen molar-refractivity contribution >= 4 is 11.6 Å². The second kappa shape index (κ2) is 17.5. The second-order valence-electron chi connectivity index (χ2n) is 9.95. The molecule has 0 aromatic heterocycles. The van der Waals surface area contributed by atoms with Gasteiger partial charge in [0.25, 0.3) is 0 Å². The zero-order chi connectivity index (χ0) is 26.0. The van der Waals surface area contributed by atoms with Crippen molar-refractivity contribution in [2.24, 2.45) is 11.1 Å². The number of hydrogen-bond donors (Lipinski definition) is 1. The van der Waals surface area contributed by atoms with E-state index in [1.807, 2.05) is 30.3 Å². The molecule has 0 saturated heterocycles. The van der Waals surface area contributed by atoms with E-state index in [4.69, 9.17) is 4.84 Å². The van der Waals surface area contributed by atoms with Crippen molar-refractivity contribution in [1.29, 1.82) is 0 Å². The van der Waals surface area contributed by atoms with Crippen LogP contribution >= 0.6 is 0 Å². The standard InChI is InChI=1S/C32H46N2O2/c1-5-6-7-8-9-10-11-13-18-29-19-22-30(23-20-29)32(26(2)3)34-36-27(4)25-33-31(35)24-21-28-16-14-12-15-17-28/h12,14-17,19-20,22-23,26H,4-11,13,18,21,24-25H2,1-3H3,(H,33,35)/b34-32+. The van der Waals surface area contributed by atoms with Crippen LogP contribution < -0.4 is 5.32 Å². The fourth-order valence-corrected chi connectivity index (χ4v) is 4.13. The Labute approximate surface area is 219 Å². The molecule has 0 spiro atoms. The van der Waals surface area contributed by atoms with Gasteiger partial charge in [-0.1, -0.05) is 132 Å². The minimum Gasteiger partial charge on any atom is -0.360 e. The summed E-state index contributed by atoms with van der Waals surface area (Å²) in [5.74, 6) is 0.605. The van der Waals surface area contributed by atoms with Crippen molar-refractivity contribution in [2.75, 3.05) is 6.54 Å². The van der Waals surface area contributed by atoms with Crippen LogP contribution in [0.15, 0.2) is 72.1 Å². The fourth-order valence-electron chi connectivity index (χ4n) is 4.13. The number of nitrogens with zero attached hydrogens (tertiary/aromatic N) is 1. The van der Waals surface area contributed by atoms with Crippen molar-refractivity contribution in [2.45, 2.75) is 91.4 Å². The normalized spacial score (nSPS) is 11.5. The molecule has 2 rings (SSSR count). The number of rotatable bonds is 18. The molecular formula is C32H46N2O2. The van der Waals surface area contributed by atoms with Gasteiger partial charge in [-0.25, -0.2) is 0 Å².